The fraction of sp³-hybridized carbons (Fsp3) is 0.455. The van der Waals surface area contributed by atoms with E-state index in [1.54, 1.807) is 0 Å². The van der Waals surface area contributed by atoms with Crippen molar-refractivity contribution in [2.75, 3.05) is 36.0 Å². The molecule has 0 aromatic heterocycles. The fourth-order valence-electron chi connectivity index (χ4n) is 3.53. The van der Waals surface area contributed by atoms with E-state index in [9.17, 15) is 0 Å². The molecule has 137 valence electrons. The molecule has 0 saturated carbocycles. The standard InChI is InChI=1S/C22H34N2Si/c1-7-23(8-2)19-13-11-15-21(17-19)25(5,6)22-16-12-14-20(18-22)24(9-3)10-4/h11-18H,7-10H2,1-6H3/q-1. The molecule has 0 aliphatic rings. The van der Waals surface area contributed by atoms with Crippen molar-refractivity contribution < 1.29 is 0 Å². The van der Waals surface area contributed by atoms with E-state index in [4.69, 9.17) is 0 Å². The maximum absolute atomic E-state index is 2.47. The Bertz CT molecular complexity index is 616. The first-order valence-corrected chi connectivity index (χ1v) is 12.7. The number of hydrogen-bond acceptors (Lipinski definition) is 2. The first-order chi connectivity index (χ1) is 12.0. The van der Waals surface area contributed by atoms with Crippen molar-refractivity contribution in [2.45, 2.75) is 40.8 Å². The Kier molecular flexibility index (Phi) is 6.71. The third-order valence-electron chi connectivity index (χ3n) is 5.39. The largest absolute Gasteiger partial charge is 0.372 e. The van der Waals surface area contributed by atoms with Crippen LogP contribution < -0.4 is 20.2 Å². The van der Waals surface area contributed by atoms with Crippen LogP contribution in [0.4, 0.5) is 11.4 Å². The SMILES string of the molecule is CCN(CC)c1cccc([Si-](C)(C)c2cccc(N(CC)CC)c2)c1. The molecule has 0 N–H and O–H groups in total. The fourth-order valence-corrected chi connectivity index (χ4v) is 5.90. The molecule has 0 aliphatic carbocycles. The van der Waals surface area contributed by atoms with Crippen LogP contribution in [0.3, 0.4) is 0 Å². The van der Waals surface area contributed by atoms with Gasteiger partial charge in [0.15, 0.2) is 0 Å². The minimum Gasteiger partial charge on any atom is -0.372 e. The first-order valence-electron chi connectivity index (χ1n) is 9.68. The molecule has 2 rings (SSSR count). The van der Waals surface area contributed by atoms with Crippen molar-refractivity contribution in [1.29, 1.82) is 0 Å². The summed E-state index contributed by atoms with van der Waals surface area (Å²) < 4.78 is 0. The molecule has 2 nitrogen and oxygen atoms in total. The number of anilines is 2. The Morgan fingerprint density at radius 2 is 1.00 bits per heavy atom. The normalized spacial score (nSPS) is 11.4. The van der Waals surface area contributed by atoms with Gasteiger partial charge in [-0.05, 0) is 39.8 Å². The zero-order chi connectivity index (χ0) is 18.4. The number of hydrogen-bond donors (Lipinski definition) is 0. The monoisotopic (exact) mass is 354 g/mol. The van der Waals surface area contributed by atoms with Crippen molar-refractivity contribution in [2.24, 2.45) is 0 Å². The van der Waals surface area contributed by atoms with Crippen LogP contribution in [-0.2, 0) is 0 Å². The van der Waals surface area contributed by atoms with Crippen molar-refractivity contribution in [3.63, 3.8) is 0 Å². The summed E-state index contributed by atoms with van der Waals surface area (Å²) in [5.41, 5.74) is 2.70. The topological polar surface area (TPSA) is 6.48 Å². The average molecular weight is 355 g/mol. The van der Waals surface area contributed by atoms with Crippen LogP contribution >= 0.6 is 0 Å². The van der Waals surface area contributed by atoms with Crippen LogP contribution in [0.1, 0.15) is 27.7 Å². The van der Waals surface area contributed by atoms with Crippen LogP contribution in [0, 0.1) is 0 Å². The van der Waals surface area contributed by atoms with E-state index in [2.05, 4.69) is 99.1 Å². The lowest BCUT2D eigenvalue weighted by atomic mass is 10.3. The van der Waals surface area contributed by atoms with Crippen LogP contribution in [0.5, 0.6) is 0 Å². The zero-order valence-corrected chi connectivity index (χ0v) is 17.8. The second-order valence-corrected chi connectivity index (χ2v) is 11.5. The van der Waals surface area contributed by atoms with Gasteiger partial charge in [0.25, 0.3) is 0 Å². The molecule has 0 bridgehead atoms. The summed E-state index contributed by atoms with van der Waals surface area (Å²) in [5.74, 6) is 0. The second kappa shape index (κ2) is 8.57. The minimum atomic E-state index is -1.71. The van der Waals surface area contributed by atoms with E-state index in [1.807, 2.05) is 0 Å². The van der Waals surface area contributed by atoms with Gasteiger partial charge in [-0.25, -0.2) is 0 Å². The number of nitrogens with zero attached hydrogens (tertiary/aromatic N) is 2. The van der Waals surface area contributed by atoms with Gasteiger partial charge >= 0.3 is 0 Å². The lowest BCUT2D eigenvalue weighted by molar-refractivity contribution is 0.866. The molecule has 2 aromatic carbocycles. The van der Waals surface area contributed by atoms with Crippen molar-refractivity contribution in [3.8, 4) is 0 Å². The van der Waals surface area contributed by atoms with E-state index in [-0.39, 0.29) is 0 Å². The predicted octanol–water partition coefficient (Wildman–Crippen LogP) is 4.20. The van der Waals surface area contributed by atoms with Crippen LogP contribution in [0.25, 0.3) is 0 Å². The van der Waals surface area contributed by atoms with Crippen LogP contribution in [0.15, 0.2) is 48.5 Å². The molecule has 0 saturated heterocycles. The molecule has 3 heteroatoms. The molecule has 0 amide bonds. The molecular formula is C22H34N2Si-. The summed E-state index contributed by atoms with van der Waals surface area (Å²) in [7, 11) is -1.71. The lowest BCUT2D eigenvalue weighted by Crippen LogP contribution is -2.53. The second-order valence-electron chi connectivity index (χ2n) is 7.07. The molecule has 2 aromatic rings. The molecule has 0 fully saturated rings. The molecular weight excluding hydrogens is 320 g/mol. The summed E-state index contributed by atoms with van der Waals surface area (Å²) >= 11 is 0. The van der Waals surface area contributed by atoms with Gasteiger partial charge in [0, 0.05) is 37.6 Å². The zero-order valence-electron chi connectivity index (χ0n) is 16.8. The van der Waals surface area contributed by atoms with Gasteiger partial charge in [0.2, 0.25) is 0 Å². The van der Waals surface area contributed by atoms with Crippen molar-refractivity contribution in [3.05, 3.63) is 48.5 Å². The van der Waals surface area contributed by atoms with E-state index in [0.717, 1.165) is 26.2 Å². The minimum absolute atomic E-state index is 1.05. The molecule has 0 heterocycles. The van der Waals surface area contributed by atoms with Crippen LogP contribution in [-0.4, -0.2) is 34.3 Å². The van der Waals surface area contributed by atoms with Crippen molar-refractivity contribution >= 4 is 29.8 Å². The smallest absolute Gasteiger partial charge is 0.0337 e. The van der Waals surface area contributed by atoms with Gasteiger partial charge in [-0.3, -0.25) is 0 Å². The lowest BCUT2D eigenvalue weighted by Gasteiger charge is -2.38. The van der Waals surface area contributed by atoms with E-state index in [0.29, 0.717) is 0 Å². The Morgan fingerprint density at radius 1 is 0.640 bits per heavy atom. The third kappa shape index (κ3) is 4.27. The van der Waals surface area contributed by atoms with Crippen LogP contribution in [0.2, 0.25) is 13.1 Å². The summed E-state index contributed by atoms with van der Waals surface area (Å²) in [4.78, 5) is 4.86. The van der Waals surface area contributed by atoms with Gasteiger partial charge in [-0.2, -0.15) is 23.5 Å². The number of rotatable bonds is 8. The Hall–Kier alpha value is -1.74. The summed E-state index contributed by atoms with van der Waals surface area (Å²) in [6, 6.07) is 18.4. The van der Waals surface area contributed by atoms with Gasteiger partial charge in [-0.15, -0.1) is 0 Å². The highest BCUT2D eigenvalue weighted by Gasteiger charge is 2.15. The maximum Gasteiger partial charge on any atom is 0.0337 e. The molecule has 0 radical (unpaired) electrons. The Balaban J connectivity index is 2.41. The van der Waals surface area contributed by atoms with E-state index >= 15 is 0 Å². The van der Waals surface area contributed by atoms with Gasteiger partial charge in [-0.1, -0.05) is 44.5 Å². The highest BCUT2D eigenvalue weighted by atomic mass is 28.3. The molecule has 0 aliphatic heterocycles. The summed E-state index contributed by atoms with van der Waals surface area (Å²) in [6.07, 6.45) is 0. The predicted molar refractivity (Wildman–Crippen MR) is 117 cm³/mol. The molecule has 0 atom stereocenters. The van der Waals surface area contributed by atoms with E-state index < -0.39 is 8.07 Å². The average Bonchev–Trinajstić information content (AvgIpc) is 2.64. The van der Waals surface area contributed by atoms with Gasteiger partial charge in [0.1, 0.15) is 0 Å². The molecule has 0 unspecified atom stereocenters. The highest BCUT2D eigenvalue weighted by Crippen LogP contribution is 2.17. The quantitative estimate of drug-likeness (QED) is 0.656. The number of benzene rings is 2. The molecule has 25 heavy (non-hydrogen) atoms. The van der Waals surface area contributed by atoms with E-state index in [1.165, 1.54) is 21.7 Å². The van der Waals surface area contributed by atoms with Gasteiger partial charge < -0.3 is 9.80 Å². The summed E-state index contributed by atoms with van der Waals surface area (Å²) in [5, 5.41) is 3.02. The summed E-state index contributed by atoms with van der Waals surface area (Å²) in [6.45, 7) is 18.1. The van der Waals surface area contributed by atoms with Gasteiger partial charge in [0.05, 0.1) is 0 Å². The van der Waals surface area contributed by atoms with Crippen molar-refractivity contribution in [1.82, 2.24) is 0 Å². The first kappa shape index (κ1) is 19.6. The Labute approximate surface area is 155 Å². The Morgan fingerprint density at radius 3 is 1.32 bits per heavy atom. The highest BCUT2D eigenvalue weighted by molar-refractivity contribution is 7.00. The maximum atomic E-state index is 2.47. The molecule has 0 spiro atoms. The third-order valence-corrected chi connectivity index (χ3v) is 8.90.